The second-order valence-electron chi connectivity index (χ2n) is 8.26. The Hall–Kier alpha value is -2.75. The first kappa shape index (κ1) is 27.3. The van der Waals surface area contributed by atoms with Crippen LogP contribution in [-0.2, 0) is 11.2 Å². The second kappa shape index (κ2) is 12.7. The van der Waals surface area contributed by atoms with Crippen LogP contribution in [0.1, 0.15) is 30.1 Å². The standard InChI is InChI=1S/C26H23Cl2F2NO5S/c1-33-17-5-7-18(8-6-17)37-26(32)36-23(11-19-20(27)12-31-13-21(19)28)16-4-9-22(35-25(29)30)24(10-16)34-14-15-2-3-15/h4-10,12-13,15,23,25H,2-3,11,14H2,1H3/t23-/m0/s1. The molecule has 196 valence electrons. The van der Waals surface area contributed by atoms with Crippen molar-refractivity contribution in [1.82, 2.24) is 4.98 Å². The molecule has 0 spiro atoms. The minimum Gasteiger partial charge on any atom is -0.497 e. The predicted octanol–water partition coefficient (Wildman–Crippen LogP) is 8.00. The van der Waals surface area contributed by atoms with E-state index in [0.717, 1.165) is 24.6 Å². The fourth-order valence-electron chi connectivity index (χ4n) is 3.45. The highest BCUT2D eigenvalue weighted by atomic mass is 35.5. The fourth-order valence-corrected chi connectivity index (χ4v) is 4.60. The topological polar surface area (TPSA) is 66.9 Å². The minimum absolute atomic E-state index is 0.0999. The van der Waals surface area contributed by atoms with Gasteiger partial charge in [-0.3, -0.25) is 4.98 Å². The summed E-state index contributed by atoms with van der Waals surface area (Å²) in [5.74, 6) is 1.08. The van der Waals surface area contributed by atoms with Gasteiger partial charge >= 0.3 is 11.9 Å². The Morgan fingerprint density at radius 1 is 1.08 bits per heavy atom. The zero-order valence-electron chi connectivity index (χ0n) is 19.7. The number of methoxy groups -OCH3 is 1. The van der Waals surface area contributed by atoms with Crippen molar-refractivity contribution >= 4 is 40.3 Å². The Bertz CT molecular complexity index is 1210. The Morgan fingerprint density at radius 2 is 1.78 bits per heavy atom. The molecule has 1 fully saturated rings. The van der Waals surface area contributed by atoms with Crippen LogP contribution in [0.4, 0.5) is 13.6 Å². The normalized spacial score (nSPS) is 13.8. The van der Waals surface area contributed by atoms with E-state index in [1.54, 1.807) is 43.5 Å². The monoisotopic (exact) mass is 569 g/mol. The van der Waals surface area contributed by atoms with Crippen molar-refractivity contribution in [3.05, 3.63) is 76.0 Å². The van der Waals surface area contributed by atoms with E-state index < -0.39 is 18.0 Å². The summed E-state index contributed by atoms with van der Waals surface area (Å²) in [6, 6.07) is 11.4. The lowest BCUT2D eigenvalue weighted by atomic mass is 10.0. The molecule has 1 saturated carbocycles. The van der Waals surface area contributed by atoms with Gasteiger partial charge in [0.1, 0.15) is 11.9 Å². The first-order valence-corrected chi connectivity index (χ1v) is 12.9. The van der Waals surface area contributed by atoms with E-state index in [9.17, 15) is 13.6 Å². The Morgan fingerprint density at radius 3 is 2.41 bits per heavy atom. The number of carbonyl (C=O) groups excluding carboxylic acids is 1. The molecule has 1 atom stereocenters. The second-order valence-corrected chi connectivity index (χ2v) is 10.1. The maximum Gasteiger partial charge on any atom is 0.387 e. The number of aromatic nitrogens is 1. The van der Waals surface area contributed by atoms with Crippen LogP contribution in [0, 0.1) is 5.92 Å². The molecule has 3 aromatic rings. The van der Waals surface area contributed by atoms with Crippen LogP contribution in [0.5, 0.6) is 17.2 Å². The van der Waals surface area contributed by atoms with Crippen LogP contribution in [0.25, 0.3) is 0 Å². The van der Waals surface area contributed by atoms with E-state index in [4.69, 9.17) is 37.4 Å². The van der Waals surface area contributed by atoms with E-state index in [2.05, 4.69) is 9.72 Å². The summed E-state index contributed by atoms with van der Waals surface area (Å²) in [4.78, 5) is 17.5. The van der Waals surface area contributed by atoms with Crippen molar-refractivity contribution in [3.63, 3.8) is 0 Å². The molecule has 1 aromatic heterocycles. The number of carbonyl (C=O) groups is 1. The molecule has 11 heteroatoms. The van der Waals surface area contributed by atoms with Gasteiger partial charge in [-0.25, -0.2) is 4.79 Å². The number of pyridine rings is 1. The number of benzene rings is 2. The number of halogens is 4. The molecule has 0 saturated heterocycles. The molecule has 0 amide bonds. The average molecular weight is 570 g/mol. The van der Waals surface area contributed by atoms with Crippen molar-refractivity contribution in [2.75, 3.05) is 13.7 Å². The van der Waals surface area contributed by atoms with Gasteiger partial charge in [-0.15, -0.1) is 0 Å². The molecule has 0 N–H and O–H groups in total. The molecule has 0 aliphatic heterocycles. The van der Waals surface area contributed by atoms with Crippen molar-refractivity contribution in [2.24, 2.45) is 5.92 Å². The first-order valence-electron chi connectivity index (χ1n) is 11.3. The van der Waals surface area contributed by atoms with Crippen LogP contribution in [-0.4, -0.2) is 30.6 Å². The number of rotatable bonds is 11. The van der Waals surface area contributed by atoms with Crippen molar-refractivity contribution < 1.29 is 32.5 Å². The van der Waals surface area contributed by atoms with Crippen LogP contribution < -0.4 is 14.2 Å². The third-order valence-corrected chi connectivity index (χ3v) is 6.99. The average Bonchev–Trinajstić information content (AvgIpc) is 3.70. The lowest BCUT2D eigenvalue weighted by molar-refractivity contribution is -0.0515. The van der Waals surface area contributed by atoms with Crippen molar-refractivity contribution in [1.29, 1.82) is 0 Å². The molecule has 1 heterocycles. The van der Waals surface area contributed by atoms with E-state index in [-0.39, 0.29) is 17.9 Å². The highest BCUT2D eigenvalue weighted by Crippen LogP contribution is 2.38. The highest BCUT2D eigenvalue weighted by Gasteiger charge is 2.26. The smallest absolute Gasteiger partial charge is 0.387 e. The zero-order valence-corrected chi connectivity index (χ0v) is 22.0. The van der Waals surface area contributed by atoms with Gasteiger partial charge in [0.25, 0.3) is 0 Å². The Balaban J connectivity index is 1.61. The molecular formula is C26H23Cl2F2NO5S. The Kier molecular flexibility index (Phi) is 9.34. The number of ether oxygens (including phenoxy) is 4. The summed E-state index contributed by atoms with van der Waals surface area (Å²) in [5, 5.41) is 0.0308. The van der Waals surface area contributed by atoms with E-state index in [1.807, 2.05) is 0 Å². The maximum absolute atomic E-state index is 13.0. The van der Waals surface area contributed by atoms with Crippen LogP contribution in [0.15, 0.2) is 59.8 Å². The predicted molar refractivity (Wildman–Crippen MR) is 137 cm³/mol. The first-order chi connectivity index (χ1) is 17.8. The minimum atomic E-state index is -3.02. The van der Waals surface area contributed by atoms with E-state index >= 15 is 0 Å². The largest absolute Gasteiger partial charge is 0.497 e. The van der Waals surface area contributed by atoms with Gasteiger partial charge in [0.2, 0.25) is 0 Å². The number of hydrogen-bond acceptors (Lipinski definition) is 7. The van der Waals surface area contributed by atoms with Crippen LogP contribution >= 0.6 is 35.0 Å². The summed E-state index contributed by atoms with van der Waals surface area (Å²) in [6.07, 6.45) is 4.18. The van der Waals surface area contributed by atoms with E-state index in [0.29, 0.717) is 44.3 Å². The third kappa shape index (κ3) is 7.87. The SMILES string of the molecule is COc1ccc(SC(=O)O[C@@H](Cc2c(Cl)cncc2Cl)c2ccc(OC(F)F)c(OCC3CC3)c2)cc1. The van der Waals surface area contributed by atoms with Gasteiger partial charge < -0.3 is 18.9 Å². The lowest BCUT2D eigenvalue weighted by Gasteiger charge is -2.21. The molecule has 37 heavy (non-hydrogen) atoms. The maximum atomic E-state index is 13.0. The molecule has 2 aromatic carbocycles. The third-order valence-electron chi connectivity index (χ3n) is 5.57. The summed E-state index contributed by atoms with van der Waals surface area (Å²) in [7, 11) is 1.55. The number of alkyl halides is 2. The van der Waals surface area contributed by atoms with Crippen molar-refractivity contribution in [3.8, 4) is 17.2 Å². The van der Waals surface area contributed by atoms with Gasteiger partial charge in [0.05, 0.1) is 23.8 Å². The summed E-state index contributed by atoms with van der Waals surface area (Å²) in [5.41, 5.74) is 1.03. The van der Waals surface area contributed by atoms with Crippen molar-refractivity contribution in [2.45, 2.75) is 36.9 Å². The molecule has 4 rings (SSSR count). The highest BCUT2D eigenvalue weighted by molar-refractivity contribution is 8.13. The zero-order chi connectivity index (χ0) is 26.4. The van der Waals surface area contributed by atoms with Crippen LogP contribution in [0.3, 0.4) is 0 Å². The van der Waals surface area contributed by atoms with E-state index in [1.165, 1.54) is 18.5 Å². The number of nitrogens with zero attached hydrogens (tertiary/aromatic N) is 1. The quantitative estimate of drug-likeness (QED) is 0.171. The van der Waals surface area contributed by atoms with Gasteiger partial charge in [-0.1, -0.05) is 29.3 Å². The molecular weight excluding hydrogens is 547 g/mol. The Labute approximate surface area is 227 Å². The van der Waals surface area contributed by atoms with Crippen LogP contribution in [0.2, 0.25) is 10.0 Å². The van der Waals surface area contributed by atoms with Gasteiger partial charge in [0, 0.05) is 23.7 Å². The summed E-state index contributed by atoms with van der Waals surface area (Å²) in [6.45, 7) is -2.64. The number of hydrogen-bond donors (Lipinski definition) is 0. The van der Waals surface area contributed by atoms with Gasteiger partial charge in [0.15, 0.2) is 11.5 Å². The number of thioether (sulfide) groups is 1. The molecule has 1 aliphatic rings. The summed E-state index contributed by atoms with van der Waals surface area (Å²) < 4.78 is 47.4. The molecule has 0 radical (unpaired) electrons. The summed E-state index contributed by atoms with van der Waals surface area (Å²) >= 11 is 13.6. The molecule has 0 bridgehead atoms. The molecule has 1 aliphatic carbocycles. The molecule has 6 nitrogen and oxygen atoms in total. The van der Waals surface area contributed by atoms with Gasteiger partial charge in [-0.05, 0) is 78.0 Å². The molecule has 0 unspecified atom stereocenters. The lowest BCUT2D eigenvalue weighted by Crippen LogP contribution is -2.13. The fraction of sp³-hybridized carbons (Fsp3) is 0.308. The van der Waals surface area contributed by atoms with Gasteiger partial charge in [-0.2, -0.15) is 8.78 Å².